The molecule has 1 atom stereocenters. The van der Waals surface area contributed by atoms with Crippen molar-refractivity contribution in [3.63, 3.8) is 0 Å². The van der Waals surface area contributed by atoms with E-state index in [4.69, 9.17) is 11.6 Å². The third-order valence-electron chi connectivity index (χ3n) is 4.37. The first-order valence-electron chi connectivity index (χ1n) is 7.77. The van der Waals surface area contributed by atoms with Crippen LogP contribution >= 0.6 is 11.6 Å². The van der Waals surface area contributed by atoms with E-state index in [9.17, 15) is 4.79 Å². The van der Waals surface area contributed by atoms with Crippen molar-refractivity contribution in [2.75, 3.05) is 18.0 Å². The topological polar surface area (TPSA) is 62.5 Å². The van der Waals surface area contributed by atoms with Crippen molar-refractivity contribution in [2.24, 2.45) is 5.92 Å². The quantitative estimate of drug-likeness (QED) is 0.938. The maximum Gasteiger partial charge on any atom is 0.231 e. The Morgan fingerprint density at radius 3 is 3.00 bits per heavy atom. The second-order valence-corrected chi connectivity index (χ2v) is 6.52. The van der Waals surface area contributed by atoms with Gasteiger partial charge in [0.25, 0.3) is 0 Å². The first-order chi connectivity index (χ1) is 10.7. The van der Waals surface area contributed by atoms with Gasteiger partial charge in [-0.2, -0.15) is 0 Å². The van der Waals surface area contributed by atoms with Gasteiger partial charge in [-0.05, 0) is 37.8 Å². The summed E-state index contributed by atoms with van der Waals surface area (Å²) in [5.74, 6) is 0.973. The van der Waals surface area contributed by atoms with Gasteiger partial charge in [-0.25, -0.2) is 0 Å². The number of carbonyl (C=O) groups is 1. The lowest BCUT2D eigenvalue weighted by Crippen LogP contribution is -2.44. The molecule has 2 aromatic rings. The Morgan fingerprint density at radius 1 is 1.32 bits per heavy atom. The van der Waals surface area contributed by atoms with Crippen molar-refractivity contribution in [1.82, 2.24) is 19.9 Å². The van der Waals surface area contributed by atoms with Gasteiger partial charge >= 0.3 is 0 Å². The smallest absolute Gasteiger partial charge is 0.231 e. The summed E-state index contributed by atoms with van der Waals surface area (Å²) in [7, 11) is 0. The minimum absolute atomic E-state index is 0.0286. The summed E-state index contributed by atoms with van der Waals surface area (Å²) in [6, 6.07) is 4.09. The van der Waals surface area contributed by atoms with E-state index in [1.54, 1.807) is 6.07 Å². The molecular formula is C15H18ClN5O. The first-order valence-corrected chi connectivity index (χ1v) is 8.15. The van der Waals surface area contributed by atoms with Crippen LogP contribution in [0.5, 0.6) is 0 Å². The summed E-state index contributed by atoms with van der Waals surface area (Å²) in [5.41, 5.74) is 0.656. The predicted molar refractivity (Wildman–Crippen MR) is 84.1 cm³/mol. The predicted octanol–water partition coefficient (Wildman–Crippen LogP) is 1.88. The Bertz CT molecular complexity index is 711. The molecule has 0 spiro atoms. The lowest BCUT2D eigenvalue weighted by molar-refractivity contribution is -0.125. The van der Waals surface area contributed by atoms with Crippen LogP contribution in [-0.2, 0) is 4.79 Å². The highest BCUT2D eigenvalue weighted by Gasteiger charge is 2.31. The number of carbonyl (C=O) groups excluding carboxylic acids is 1. The summed E-state index contributed by atoms with van der Waals surface area (Å²) in [6.07, 6.45) is 6.07. The van der Waals surface area contributed by atoms with E-state index in [1.165, 1.54) is 0 Å². The summed E-state index contributed by atoms with van der Waals surface area (Å²) in [6.45, 7) is 1.58. The Morgan fingerprint density at radius 2 is 2.18 bits per heavy atom. The van der Waals surface area contributed by atoms with Gasteiger partial charge < -0.3 is 10.2 Å². The van der Waals surface area contributed by atoms with E-state index >= 15 is 0 Å². The van der Waals surface area contributed by atoms with Gasteiger partial charge in [-0.1, -0.05) is 11.6 Å². The average molecular weight is 320 g/mol. The zero-order valence-electron chi connectivity index (χ0n) is 12.2. The standard InChI is InChI=1S/C15H18ClN5O/c16-12-4-2-8-21-13(12)18-19-15(21)20-7-1-3-10(9-20)14(22)17-11-5-6-11/h2,4,8,10-11H,1,3,5-7,9H2,(H,17,22). The Balaban J connectivity index is 1.55. The van der Waals surface area contributed by atoms with Gasteiger partial charge in [0.2, 0.25) is 11.9 Å². The molecule has 7 heteroatoms. The van der Waals surface area contributed by atoms with E-state index in [0.29, 0.717) is 23.3 Å². The molecule has 3 heterocycles. The number of pyridine rings is 1. The number of rotatable bonds is 3. The number of fused-ring (bicyclic) bond motifs is 1. The maximum absolute atomic E-state index is 12.3. The number of hydrogen-bond donors (Lipinski definition) is 1. The van der Waals surface area contributed by atoms with Crippen molar-refractivity contribution in [1.29, 1.82) is 0 Å². The minimum atomic E-state index is 0.0286. The molecular weight excluding hydrogens is 302 g/mol. The summed E-state index contributed by atoms with van der Waals surface area (Å²) in [5, 5.41) is 12.1. The lowest BCUT2D eigenvalue weighted by Gasteiger charge is -2.32. The molecule has 0 bridgehead atoms. The largest absolute Gasteiger partial charge is 0.353 e. The van der Waals surface area contributed by atoms with Crippen molar-refractivity contribution in [2.45, 2.75) is 31.7 Å². The van der Waals surface area contributed by atoms with Gasteiger partial charge in [-0.3, -0.25) is 9.20 Å². The Hall–Kier alpha value is -1.82. The van der Waals surface area contributed by atoms with E-state index in [1.807, 2.05) is 16.7 Å². The van der Waals surface area contributed by atoms with Crippen LogP contribution in [-0.4, -0.2) is 39.6 Å². The van der Waals surface area contributed by atoms with E-state index in [2.05, 4.69) is 20.4 Å². The molecule has 2 fully saturated rings. The Kier molecular flexibility index (Phi) is 3.41. The maximum atomic E-state index is 12.3. The van der Waals surface area contributed by atoms with Crippen LogP contribution in [0.3, 0.4) is 0 Å². The fourth-order valence-corrected chi connectivity index (χ4v) is 3.21. The number of piperidine rings is 1. The van der Waals surface area contributed by atoms with Crippen molar-refractivity contribution >= 4 is 29.1 Å². The molecule has 2 aliphatic rings. The third-order valence-corrected chi connectivity index (χ3v) is 4.66. The van der Waals surface area contributed by atoms with Gasteiger partial charge in [0.05, 0.1) is 10.9 Å². The second kappa shape index (κ2) is 5.43. The minimum Gasteiger partial charge on any atom is -0.353 e. The highest BCUT2D eigenvalue weighted by Crippen LogP contribution is 2.26. The lowest BCUT2D eigenvalue weighted by atomic mass is 9.97. The number of nitrogens with zero attached hydrogens (tertiary/aromatic N) is 4. The number of amides is 1. The molecule has 1 aliphatic carbocycles. The molecule has 1 unspecified atom stereocenters. The zero-order chi connectivity index (χ0) is 15.1. The number of halogens is 1. The van der Waals surface area contributed by atoms with Crippen LogP contribution in [0, 0.1) is 5.92 Å². The van der Waals surface area contributed by atoms with Crippen LogP contribution < -0.4 is 10.2 Å². The summed E-state index contributed by atoms with van der Waals surface area (Å²) in [4.78, 5) is 14.4. The van der Waals surface area contributed by atoms with Gasteiger partial charge in [0.15, 0.2) is 5.65 Å². The molecule has 0 aromatic carbocycles. The highest BCUT2D eigenvalue weighted by atomic mass is 35.5. The molecule has 0 radical (unpaired) electrons. The number of hydrogen-bond acceptors (Lipinski definition) is 4. The molecule has 2 aromatic heterocycles. The molecule has 1 saturated carbocycles. The highest BCUT2D eigenvalue weighted by molar-refractivity contribution is 6.33. The second-order valence-electron chi connectivity index (χ2n) is 6.12. The molecule has 116 valence electrons. The van der Waals surface area contributed by atoms with E-state index in [0.717, 1.165) is 38.2 Å². The molecule has 6 nitrogen and oxygen atoms in total. The zero-order valence-corrected chi connectivity index (χ0v) is 13.0. The van der Waals surface area contributed by atoms with E-state index < -0.39 is 0 Å². The third kappa shape index (κ3) is 2.52. The van der Waals surface area contributed by atoms with Crippen LogP contribution in [0.1, 0.15) is 25.7 Å². The average Bonchev–Trinajstić information content (AvgIpc) is 3.23. The number of aromatic nitrogens is 3. The van der Waals surface area contributed by atoms with Gasteiger partial charge in [-0.15, -0.1) is 10.2 Å². The first kappa shape index (κ1) is 13.8. The fourth-order valence-electron chi connectivity index (χ4n) is 3.01. The SMILES string of the molecule is O=C(NC1CC1)C1CCCN(c2nnc3c(Cl)cccn23)C1. The molecule has 22 heavy (non-hydrogen) atoms. The van der Waals surface area contributed by atoms with Gasteiger partial charge in [0, 0.05) is 25.3 Å². The van der Waals surface area contributed by atoms with Crippen molar-refractivity contribution in [3.05, 3.63) is 23.4 Å². The van der Waals surface area contributed by atoms with Crippen molar-refractivity contribution in [3.8, 4) is 0 Å². The molecule has 4 rings (SSSR count). The fraction of sp³-hybridized carbons (Fsp3) is 0.533. The van der Waals surface area contributed by atoms with Crippen LogP contribution in [0.25, 0.3) is 5.65 Å². The van der Waals surface area contributed by atoms with Crippen LogP contribution in [0.4, 0.5) is 5.95 Å². The summed E-state index contributed by atoms with van der Waals surface area (Å²) < 4.78 is 1.89. The monoisotopic (exact) mass is 319 g/mol. The molecule has 1 aliphatic heterocycles. The molecule has 1 saturated heterocycles. The van der Waals surface area contributed by atoms with Crippen LogP contribution in [0.2, 0.25) is 5.02 Å². The van der Waals surface area contributed by atoms with E-state index in [-0.39, 0.29) is 11.8 Å². The van der Waals surface area contributed by atoms with Crippen molar-refractivity contribution < 1.29 is 4.79 Å². The number of nitrogens with one attached hydrogen (secondary N) is 1. The molecule has 1 N–H and O–H groups in total. The number of anilines is 1. The van der Waals surface area contributed by atoms with Crippen LogP contribution in [0.15, 0.2) is 18.3 Å². The normalized spacial score (nSPS) is 22.0. The Labute approximate surface area is 133 Å². The molecule has 1 amide bonds. The van der Waals surface area contributed by atoms with Gasteiger partial charge in [0.1, 0.15) is 0 Å². The summed E-state index contributed by atoms with van der Waals surface area (Å²) >= 11 is 6.15.